The molecule has 3 heteroatoms. The molecular formula is C9H18FNO. The fourth-order valence-electron chi connectivity index (χ4n) is 1.89. The van der Waals surface area contributed by atoms with Gasteiger partial charge in [-0.05, 0) is 27.3 Å². The van der Waals surface area contributed by atoms with Crippen LogP contribution in [0.5, 0.6) is 0 Å². The van der Waals surface area contributed by atoms with Gasteiger partial charge in [-0.3, -0.25) is 4.90 Å². The van der Waals surface area contributed by atoms with E-state index in [1.807, 2.05) is 25.8 Å². The number of ether oxygens (including phenoxy) is 1. The van der Waals surface area contributed by atoms with Gasteiger partial charge in [0.1, 0.15) is 6.17 Å². The van der Waals surface area contributed by atoms with E-state index in [-0.39, 0.29) is 12.1 Å². The third kappa shape index (κ3) is 2.17. The number of likely N-dealkylation sites (N-methyl/N-ethyl adjacent to an activating group) is 1. The van der Waals surface area contributed by atoms with Crippen LogP contribution < -0.4 is 0 Å². The molecule has 0 bridgehead atoms. The first-order valence-corrected chi connectivity index (χ1v) is 4.61. The molecule has 0 N–H and O–H groups in total. The number of hydrogen-bond acceptors (Lipinski definition) is 2. The van der Waals surface area contributed by atoms with Crippen molar-refractivity contribution in [3.05, 3.63) is 0 Å². The third-order valence-corrected chi connectivity index (χ3v) is 2.52. The molecule has 0 saturated carbocycles. The molecule has 1 saturated heterocycles. The average molecular weight is 175 g/mol. The number of halogens is 1. The fraction of sp³-hybridized carbons (Fsp3) is 1.00. The van der Waals surface area contributed by atoms with Crippen molar-refractivity contribution in [1.82, 2.24) is 4.90 Å². The van der Waals surface area contributed by atoms with Gasteiger partial charge < -0.3 is 4.74 Å². The first-order chi connectivity index (χ1) is 5.65. The predicted octanol–water partition coefficient (Wildman–Crippen LogP) is 1.45. The van der Waals surface area contributed by atoms with Crippen LogP contribution in [-0.2, 0) is 4.74 Å². The number of rotatable bonds is 3. The van der Waals surface area contributed by atoms with Crippen LogP contribution in [0.3, 0.4) is 0 Å². The van der Waals surface area contributed by atoms with Crippen molar-refractivity contribution < 1.29 is 9.13 Å². The summed E-state index contributed by atoms with van der Waals surface area (Å²) in [6.07, 6.45) is 0.112. The summed E-state index contributed by atoms with van der Waals surface area (Å²) >= 11 is 0. The Labute approximate surface area is 73.7 Å². The molecule has 72 valence electrons. The second-order valence-corrected chi connectivity index (χ2v) is 3.50. The van der Waals surface area contributed by atoms with Gasteiger partial charge in [0.15, 0.2) is 0 Å². The highest BCUT2D eigenvalue weighted by molar-refractivity contribution is 4.86. The van der Waals surface area contributed by atoms with Crippen LogP contribution in [0.2, 0.25) is 0 Å². The van der Waals surface area contributed by atoms with Crippen molar-refractivity contribution in [2.24, 2.45) is 0 Å². The molecule has 1 rings (SSSR count). The molecule has 1 fully saturated rings. The number of hydrogen-bond donors (Lipinski definition) is 0. The molecule has 12 heavy (non-hydrogen) atoms. The Balaban J connectivity index is 2.40. The molecule has 1 aliphatic heterocycles. The Bertz CT molecular complexity index is 142. The minimum atomic E-state index is -0.664. The first-order valence-electron chi connectivity index (χ1n) is 4.61. The van der Waals surface area contributed by atoms with Crippen LogP contribution in [0.4, 0.5) is 4.39 Å². The van der Waals surface area contributed by atoms with E-state index in [0.717, 1.165) is 0 Å². The maximum Gasteiger partial charge on any atom is 0.114 e. The standard InChI is InChI=1S/C9H18FNO/c1-4-12-7(2)9-5-8(10)6-11(9)3/h7-9H,4-6H2,1-3H3/t7-,8-,9-/m0/s1. The molecule has 0 aromatic carbocycles. The Morgan fingerprint density at radius 3 is 2.75 bits per heavy atom. The summed E-state index contributed by atoms with van der Waals surface area (Å²) in [5, 5.41) is 0. The van der Waals surface area contributed by atoms with E-state index in [4.69, 9.17) is 4.74 Å². The SMILES string of the molecule is CCO[C@@H](C)[C@@H]1C[C@H](F)CN1C. The van der Waals surface area contributed by atoms with Crippen molar-refractivity contribution in [1.29, 1.82) is 0 Å². The van der Waals surface area contributed by atoms with Gasteiger partial charge in [0.05, 0.1) is 6.10 Å². The predicted molar refractivity (Wildman–Crippen MR) is 47.0 cm³/mol. The zero-order valence-corrected chi connectivity index (χ0v) is 8.09. The Morgan fingerprint density at radius 1 is 1.67 bits per heavy atom. The molecule has 0 spiro atoms. The Hall–Kier alpha value is -0.150. The number of likely N-dealkylation sites (tertiary alicyclic amines) is 1. The Morgan fingerprint density at radius 2 is 2.33 bits per heavy atom. The van der Waals surface area contributed by atoms with Crippen molar-refractivity contribution >= 4 is 0 Å². The van der Waals surface area contributed by atoms with Gasteiger partial charge in [0.2, 0.25) is 0 Å². The van der Waals surface area contributed by atoms with Gasteiger partial charge in [0, 0.05) is 19.2 Å². The van der Waals surface area contributed by atoms with Crippen molar-refractivity contribution in [2.75, 3.05) is 20.2 Å². The molecule has 0 aromatic rings. The molecule has 0 amide bonds. The second-order valence-electron chi connectivity index (χ2n) is 3.50. The lowest BCUT2D eigenvalue weighted by Crippen LogP contribution is -2.36. The van der Waals surface area contributed by atoms with Crippen LogP contribution in [0.25, 0.3) is 0 Å². The fourth-order valence-corrected chi connectivity index (χ4v) is 1.89. The maximum absolute atomic E-state index is 12.9. The second kappa shape index (κ2) is 4.19. The molecule has 0 aromatic heterocycles. The van der Waals surface area contributed by atoms with E-state index in [1.165, 1.54) is 0 Å². The van der Waals surface area contributed by atoms with Gasteiger partial charge in [-0.15, -0.1) is 0 Å². The van der Waals surface area contributed by atoms with E-state index >= 15 is 0 Å². The summed E-state index contributed by atoms with van der Waals surface area (Å²) < 4.78 is 18.4. The van der Waals surface area contributed by atoms with Crippen LogP contribution in [0, 0.1) is 0 Å². The smallest absolute Gasteiger partial charge is 0.114 e. The van der Waals surface area contributed by atoms with Gasteiger partial charge >= 0.3 is 0 Å². The third-order valence-electron chi connectivity index (χ3n) is 2.52. The molecule has 1 heterocycles. The molecule has 0 radical (unpaired) electrons. The van der Waals surface area contributed by atoms with Crippen molar-refractivity contribution in [3.63, 3.8) is 0 Å². The molecule has 0 unspecified atom stereocenters. The lowest BCUT2D eigenvalue weighted by molar-refractivity contribution is 0.0234. The molecule has 3 atom stereocenters. The van der Waals surface area contributed by atoms with Crippen LogP contribution >= 0.6 is 0 Å². The summed E-state index contributed by atoms with van der Waals surface area (Å²) in [6.45, 7) is 5.26. The van der Waals surface area contributed by atoms with E-state index in [1.54, 1.807) is 0 Å². The summed E-state index contributed by atoms with van der Waals surface area (Å²) in [5.74, 6) is 0. The highest BCUT2D eigenvalue weighted by Crippen LogP contribution is 2.22. The molecular weight excluding hydrogens is 157 g/mol. The number of alkyl halides is 1. The monoisotopic (exact) mass is 175 g/mol. The largest absolute Gasteiger partial charge is 0.377 e. The van der Waals surface area contributed by atoms with E-state index in [9.17, 15) is 4.39 Å². The minimum Gasteiger partial charge on any atom is -0.377 e. The lowest BCUT2D eigenvalue weighted by atomic mass is 10.1. The summed E-state index contributed by atoms with van der Waals surface area (Å²) in [5.41, 5.74) is 0. The van der Waals surface area contributed by atoms with Crippen molar-refractivity contribution in [2.45, 2.75) is 38.6 Å². The maximum atomic E-state index is 12.9. The van der Waals surface area contributed by atoms with Gasteiger partial charge in [-0.2, -0.15) is 0 Å². The van der Waals surface area contributed by atoms with E-state index in [2.05, 4.69) is 0 Å². The summed E-state index contributed by atoms with van der Waals surface area (Å²) in [6, 6.07) is 0.264. The Kier molecular flexibility index (Phi) is 3.47. The molecule has 1 aliphatic rings. The van der Waals surface area contributed by atoms with E-state index < -0.39 is 6.17 Å². The number of nitrogens with zero attached hydrogens (tertiary/aromatic N) is 1. The quantitative estimate of drug-likeness (QED) is 0.643. The highest BCUT2D eigenvalue weighted by Gasteiger charge is 2.33. The summed E-state index contributed by atoms with van der Waals surface area (Å²) in [4.78, 5) is 2.05. The zero-order valence-electron chi connectivity index (χ0n) is 8.09. The van der Waals surface area contributed by atoms with Gasteiger partial charge in [-0.25, -0.2) is 4.39 Å². The van der Waals surface area contributed by atoms with Crippen LogP contribution in [0.1, 0.15) is 20.3 Å². The normalized spacial score (nSPS) is 34.0. The highest BCUT2D eigenvalue weighted by atomic mass is 19.1. The topological polar surface area (TPSA) is 12.5 Å². The minimum absolute atomic E-state index is 0.153. The van der Waals surface area contributed by atoms with Gasteiger partial charge in [-0.1, -0.05) is 0 Å². The zero-order chi connectivity index (χ0) is 9.14. The van der Waals surface area contributed by atoms with E-state index in [0.29, 0.717) is 19.6 Å². The van der Waals surface area contributed by atoms with Crippen LogP contribution in [0.15, 0.2) is 0 Å². The van der Waals surface area contributed by atoms with Crippen molar-refractivity contribution in [3.8, 4) is 0 Å². The molecule has 0 aliphatic carbocycles. The van der Waals surface area contributed by atoms with Gasteiger partial charge in [0.25, 0.3) is 0 Å². The first kappa shape index (κ1) is 9.93. The molecule has 2 nitrogen and oxygen atoms in total. The lowest BCUT2D eigenvalue weighted by Gasteiger charge is -2.25. The average Bonchev–Trinajstić information content (AvgIpc) is 2.30. The van der Waals surface area contributed by atoms with Crippen LogP contribution in [-0.4, -0.2) is 43.4 Å². The summed E-state index contributed by atoms with van der Waals surface area (Å²) in [7, 11) is 1.96.